The number of methoxy groups -OCH3 is 1. The normalized spacial score (nSPS) is 19.2. The quantitative estimate of drug-likeness (QED) is 0.674. The lowest BCUT2D eigenvalue weighted by atomic mass is 9.99. The van der Waals surface area contributed by atoms with E-state index in [-0.39, 0.29) is 5.91 Å². The van der Waals surface area contributed by atoms with Gasteiger partial charge in [-0.3, -0.25) is 9.69 Å². The van der Waals surface area contributed by atoms with Crippen LogP contribution in [0.1, 0.15) is 36.0 Å². The Bertz CT molecular complexity index is 1160. The van der Waals surface area contributed by atoms with Crippen LogP contribution in [0.4, 0.5) is 5.69 Å². The van der Waals surface area contributed by atoms with E-state index in [4.69, 9.17) is 4.74 Å². The van der Waals surface area contributed by atoms with E-state index in [1.807, 2.05) is 17.0 Å². The number of amides is 1. The van der Waals surface area contributed by atoms with Crippen molar-refractivity contribution in [2.75, 3.05) is 44.7 Å². The summed E-state index contributed by atoms with van der Waals surface area (Å²) in [4.78, 5) is 17.7. The molecule has 0 radical (unpaired) electrons. The molecule has 0 saturated carbocycles. The molecular weight excluding hydrogens is 438 g/mol. The highest BCUT2D eigenvalue weighted by molar-refractivity contribution is 7.89. The smallest absolute Gasteiger partial charge is 0.243 e. The van der Waals surface area contributed by atoms with E-state index in [0.717, 1.165) is 62.2 Å². The minimum atomic E-state index is -3.46. The summed E-state index contributed by atoms with van der Waals surface area (Å²) in [6, 6.07) is 11.4. The second-order valence-electron chi connectivity index (χ2n) is 9.15. The summed E-state index contributed by atoms with van der Waals surface area (Å²) >= 11 is 0. The Morgan fingerprint density at radius 2 is 1.73 bits per heavy atom. The molecule has 7 nitrogen and oxygen atoms in total. The predicted octanol–water partition coefficient (Wildman–Crippen LogP) is 2.82. The first-order valence-corrected chi connectivity index (χ1v) is 13.2. The van der Waals surface area contributed by atoms with Crippen LogP contribution in [0.5, 0.6) is 5.75 Å². The zero-order valence-corrected chi connectivity index (χ0v) is 19.9. The van der Waals surface area contributed by atoms with E-state index in [2.05, 4.69) is 17.0 Å². The van der Waals surface area contributed by atoms with Crippen LogP contribution in [-0.4, -0.2) is 63.4 Å². The summed E-state index contributed by atoms with van der Waals surface area (Å²) < 4.78 is 32.9. The molecule has 1 fully saturated rings. The second-order valence-corrected chi connectivity index (χ2v) is 11.1. The van der Waals surface area contributed by atoms with E-state index >= 15 is 0 Å². The molecule has 2 aromatic carbocycles. The summed E-state index contributed by atoms with van der Waals surface area (Å²) in [5, 5.41) is 0. The molecule has 8 heteroatoms. The highest BCUT2D eigenvalue weighted by Crippen LogP contribution is 2.32. The lowest BCUT2D eigenvalue weighted by molar-refractivity contribution is -0.120. The zero-order valence-electron chi connectivity index (χ0n) is 19.1. The van der Waals surface area contributed by atoms with Gasteiger partial charge in [0.15, 0.2) is 0 Å². The largest absolute Gasteiger partial charge is 0.497 e. The van der Waals surface area contributed by atoms with Crippen LogP contribution in [0.25, 0.3) is 0 Å². The van der Waals surface area contributed by atoms with Crippen molar-refractivity contribution in [1.82, 2.24) is 9.21 Å². The van der Waals surface area contributed by atoms with Crippen molar-refractivity contribution in [3.63, 3.8) is 0 Å². The van der Waals surface area contributed by atoms with E-state index in [9.17, 15) is 13.2 Å². The summed E-state index contributed by atoms with van der Waals surface area (Å²) in [5.41, 5.74) is 4.33. The highest BCUT2D eigenvalue weighted by Gasteiger charge is 2.30. The van der Waals surface area contributed by atoms with Crippen LogP contribution in [0.3, 0.4) is 0 Å². The van der Waals surface area contributed by atoms with Gasteiger partial charge in [0.25, 0.3) is 0 Å². The molecule has 0 N–H and O–H groups in total. The Hall–Kier alpha value is -2.42. The molecule has 3 aliphatic rings. The molecule has 33 heavy (non-hydrogen) atoms. The van der Waals surface area contributed by atoms with Crippen LogP contribution in [0, 0.1) is 0 Å². The molecule has 0 bridgehead atoms. The number of nitrogens with zero attached hydrogens (tertiary/aromatic N) is 3. The first-order valence-electron chi connectivity index (χ1n) is 11.8. The highest BCUT2D eigenvalue weighted by atomic mass is 32.2. The van der Waals surface area contributed by atoms with Crippen molar-refractivity contribution < 1.29 is 17.9 Å². The molecule has 0 atom stereocenters. The van der Waals surface area contributed by atoms with Gasteiger partial charge in [0.1, 0.15) is 5.75 Å². The average Bonchev–Trinajstić information content (AvgIpc) is 3.39. The van der Waals surface area contributed by atoms with Gasteiger partial charge in [-0.05, 0) is 79.1 Å². The Kier molecular flexibility index (Phi) is 6.16. The third-order valence-electron chi connectivity index (χ3n) is 7.04. The van der Waals surface area contributed by atoms with Crippen molar-refractivity contribution in [1.29, 1.82) is 0 Å². The molecule has 176 valence electrons. The lowest BCUT2D eigenvalue weighted by Gasteiger charge is -2.34. The number of carbonyl (C=O) groups is 1. The van der Waals surface area contributed by atoms with Gasteiger partial charge in [-0.1, -0.05) is 6.07 Å². The maximum Gasteiger partial charge on any atom is 0.243 e. The minimum Gasteiger partial charge on any atom is -0.497 e. The minimum absolute atomic E-state index is 0.0671. The van der Waals surface area contributed by atoms with Crippen molar-refractivity contribution in [2.24, 2.45) is 0 Å². The molecule has 5 rings (SSSR count). The van der Waals surface area contributed by atoms with Crippen molar-refractivity contribution in [3.05, 3.63) is 53.1 Å². The third kappa shape index (κ3) is 4.39. The summed E-state index contributed by atoms with van der Waals surface area (Å²) in [6.07, 6.45) is 4.38. The molecule has 2 aromatic rings. The average molecular weight is 470 g/mol. The third-order valence-corrected chi connectivity index (χ3v) is 8.93. The summed E-state index contributed by atoms with van der Waals surface area (Å²) in [5.74, 6) is 0.906. The van der Waals surface area contributed by atoms with Crippen LogP contribution in [0.2, 0.25) is 0 Å². The first-order chi connectivity index (χ1) is 16.0. The molecule has 0 aromatic heterocycles. The number of anilines is 1. The van der Waals surface area contributed by atoms with E-state index in [1.165, 1.54) is 11.1 Å². The second kappa shape index (κ2) is 9.08. The van der Waals surface area contributed by atoms with Gasteiger partial charge in [0.2, 0.25) is 15.9 Å². The van der Waals surface area contributed by atoms with Crippen molar-refractivity contribution in [3.8, 4) is 5.75 Å². The number of rotatable bonds is 5. The van der Waals surface area contributed by atoms with Crippen molar-refractivity contribution >= 4 is 21.6 Å². The number of aryl methyl sites for hydroxylation is 1. The van der Waals surface area contributed by atoms with E-state index in [1.54, 1.807) is 23.5 Å². The fourth-order valence-electron chi connectivity index (χ4n) is 5.20. The molecule has 3 heterocycles. The molecule has 0 spiro atoms. The van der Waals surface area contributed by atoms with Crippen LogP contribution in [0.15, 0.2) is 41.3 Å². The maximum atomic E-state index is 13.3. The predicted molar refractivity (Wildman–Crippen MR) is 127 cm³/mol. The van der Waals surface area contributed by atoms with Gasteiger partial charge >= 0.3 is 0 Å². The topological polar surface area (TPSA) is 70.2 Å². The van der Waals surface area contributed by atoms with Crippen LogP contribution >= 0.6 is 0 Å². The SMILES string of the molecule is COc1ccc2c(c1)CN(CC(=O)N1CCCc3cc(S(=O)(=O)N4CCCC4)ccc31)CC2. The van der Waals surface area contributed by atoms with Crippen LogP contribution < -0.4 is 9.64 Å². The fraction of sp³-hybridized carbons (Fsp3) is 0.480. The number of hydrogen-bond acceptors (Lipinski definition) is 5. The lowest BCUT2D eigenvalue weighted by Crippen LogP contribution is -2.44. The Morgan fingerprint density at radius 1 is 0.909 bits per heavy atom. The van der Waals surface area contributed by atoms with E-state index in [0.29, 0.717) is 31.1 Å². The summed E-state index contributed by atoms with van der Waals surface area (Å²) in [7, 11) is -1.79. The maximum absolute atomic E-state index is 13.3. The fourth-order valence-corrected chi connectivity index (χ4v) is 6.77. The van der Waals surface area contributed by atoms with Gasteiger partial charge in [0.05, 0.1) is 18.6 Å². The molecule has 3 aliphatic heterocycles. The Morgan fingerprint density at radius 3 is 2.52 bits per heavy atom. The number of carbonyl (C=O) groups excluding carboxylic acids is 1. The number of sulfonamides is 1. The van der Waals surface area contributed by atoms with Gasteiger partial charge in [-0.2, -0.15) is 4.31 Å². The molecule has 1 amide bonds. The molecule has 0 unspecified atom stereocenters. The summed E-state index contributed by atoms with van der Waals surface area (Å²) in [6.45, 7) is 3.78. The van der Waals surface area contributed by atoms with Crippen molar-refractivity contribution in [2.45, 2.75) is 43.5 Å². The number of benzene rings is 2. The van der Waals surface area contributed by atoms with Gasteiger partial charge in [-0.25, -0.2) is 8.42 Å². The van der Waals surface area contributed by atoms with E-state index < -0.39 is 10.0 Å². The first kappa shape index (κ1) is 22.4. The van der Waals surface area contributed by atoms with Gasteiger partial charge in [0, 0.05) is 38.4 Å². The molecule has 1 saturated heterocycles. The number of fused-ring (bicyclic) bond motifs is 2. The number of hydrogen-bond donors (Lipinski definition) is 0. The zero-order chi connectivity index (χ0) is 23.0. The Balaban J connectivity index is 1.31. The number of ether oxygens (including phenoxy) is 1. The molecule has 0 aliphatic carbocycles. The Labute approximate surface area is 196 Å². The van der Waals surface area contributed by atoms with Gasteiger partial charge in [-0.15, -0.1) is 0 Å². The monoisotopic (exact) mass is 469 g/mol. The molecular formula is C25H31N3O4S. The van der Waals surface area contributed by atoms with Gasteiger partial charge < -0.3 is 9.64 Å². The standard InChI is InChI=1S/C25H31N3O4S/c1-32-22-7-6-19-10-14-26(17-21(19)15-22)18-25(29)28-13-4-5-20-16-23(8-9-24(20)28)33(30,31)27-11-2-3-12-27/h6-9,15-16H,2-5,10-14,17-18H2,1H3. The van der Waals surface area contributed by atoms with Crippen LogP contribution in [-0.2, 0) is 34.2 Å².